The van der Waals surface area contributed by atoms with E-state index < -0.39 is 0 Å². The number of benzene rings is 1. The fraction of sp³-hybridized carbons (Fsp3) is 0.438. The molecule has 1 heterocycles. The summed E-state index contributed by atoms with van der Waals surface area (Å²) in [6.07, 6.45) is 1.17. The van der Waals surface area contributed by atoms with Gasteiger partial charge in [-0.2, -0.15) is 0 Å². The molecule has 0 saturated carbocycles. The zero-order chi connectivity index (χ0) is 13.8. The van der Waals surface area contributed by atoms with Crippen LogP contribution in [0.15, 0.2) is 29.6 Å². The van der Waals surface area contributed by atoms with Crippen LogP contribution in [0.5, 0.6) is 0 Å². The average Bonchev–Trinajstić information content (AvgIpc) is 2.95. The molecule has 0 radical (unpaired) electrons. The van der Waals surface area contributed by atoms with Crippen LogP contribution >= 0.6 is 11.3 Å². The van der Waals surface area contributed by atoms with Gasteiger partial charge in [-0.3, -0.25) is 0 Å². The summed E-state index contributed by atoms with van der Waals surface area (Å²) in [4.78, 5) is 4.68. The molecule has 0 aliphatic carbocycles. The third-order valence-electron chi connectivity index (χ3n) is 3.68. The van der Waals surface area contributed by atoms with E-state index in [2.05, 4.69) is 55.4 Å². The van der Waals surface area contributed by atoms with Crippen molar-refractivity contribution in [1.82, 2.24) is 4.98 Å². The maximum atomic E-state index is 5.69. The van der Waals surface area contributed by atoms with E-state index in [-0.39, 0.29) is 0 Å². The van der Waals surface area contributed by atoms with E-state index in [1.165, 1.54) is 17.5 Å². The molecule has 0 aliphatic rings. The van der Waals surface area contributed by atoms with Crippen molar-refractivity contribution in [3.8, 4) is 11.3 Å². The van der Waals surface area contributed by atoms with Gasteiger partial charge in [0.2, 0.25) is 0 Å². The van der Waals surface area contributed by atoms with Crippen LogP contribution in [-0.2, 0) is 0 Å². The van der Waals surface area contributed by atoms with Gasteiger partial charge in [0.15, 0.2) is 0 Å². The van der Waals surface area contributed by atoms with Gasteiger partial charge in [0, 0.05) is 23.4 Å². The van der Waals surface area contributed by atoms with Crippen molar-refractivity contribution in [3.05, 3.63) is 40.2 Å². The van der Waals surface area contributed by atoms with Crippen molar-refractivity contribution in [2.45, 2.75) is 39.0 Å². The topological polar surface area (TPSA) is 38.9 Å². The number of rotatable bonds is 5. The molecule has 3 heteroatoms. The fourth-order valence-electron chi connectivity index (χ4n) is 1.97. The van der Waals surface area contributed by atoms with E-state index in [4.69, 9.17) is 5.73 Å². The molecule has 1 aromatic heterocycles. The molecule has 0 bridgehead atoms. The molecule has 0 aliphatic heterocycles. The van der Waals surface area contributed by atoms with Crippen molar-refractivity contribution in [2.75, 3.05) is 6.54 Å². The van der Waals surface area contributed by atoms with Gasteiger partial charge >= 0.3 is 0 Å². The quantitative estimate of drug-likeness (QED) is 0.878. The number of nitrogens with zero attached hydrogens (tertiary/aromatic N) is 1. The Labute approximate surface area is 119 Å². The summed E-state index contributed by atoms with van der Waals surface area (Å²) in [6.45, 7) is 7.26. The lowest BCUT2D eigenvalue weighted by molar-refractivity contribution is 0.734. The Balaban J connectivity index is 2.20. The molecular weight excluding hydrogens is 252 g/mol. The Kier molecular flexibility index (Phi) is 4.72. The lowest BCUT2D eigenvalue weighted by Gasteiger charge is -2.09. The van der Waals surface area contributed by atoms with Crippen molar-refractivity contribution in [1.29, 1.82) is 0 Å². The average molecular weight is 274 g/mol. The molecule has 2 unspecified atom stereocenters. The van der Waals surface area contributed by atoms with Crippen molar-refractivity contribution in [2.24, 2.45) is 5.73 Å². The summed E-state index contributed by atoms with van der Waals surface area (Å²) < 4.78 is 0. The van der Waals surface area contributed by atoms with Crippen molar-refractivity contribution < 1.29 is 0 Å². The summed E-state index contributed by atoms with van der Waals surface area (Å²) in [5.41, 5.74) is 9.35. The van der Waals surface area contributed by atoms with Crippen LogP contribution < -0.4 is 5.73 Å². The summed E-state index contributed by atoms with van der Waals surface area (Å²) >= 11 is 1.70. The number of nitrogens with two attached hydrogens (primary N) is 1. The number of aromatic nitrogens is 1. The van der Waals surface area contributed by atoms with Crippen LogP contribution in [0.25, 0.3) is 11.3 Å². The van der Waals surface area contributed by atoms with E-state index in [1.54, 1.807) is 11.3 Å². The van der Waals surface area contributed by atoms with E-state index in [1.807, 2.05) is 0 Å². The summed E-state index contributed by atoms with van der Waals surface area (Å²) in [6, 6.07) is 8.78. The number of thiazole rings is 1. The molecule has 2 N–H and O–H groups in total. The van der Waals surface area contributed by atoms with Crippen LogP contribution in [0.1, 0.15) is 49.6 Å². The highest BCUT2D eigenvalue weighted by molar-refractivity contribution is 7.10. The molecule has 2 nitrogen and oxygen atoms in total. The Hall–Kier alpha value is -1.19. The lowest BCUT2D eigenvalue weighted by atomic mass is 9.97. The van der Waals surface area contributed by atoms with Crippen LogP contribution in [0.2, 0.25) is 0 Å². The summed E-state index contributed by atoms with van der Waals surface area (Å²) in [5, 5.41) is 3.25. The molecular formula is C16H22N2S. The van der Waals surface area contributed by atoms with Crippen LogP contribution in [0, 0.1) is 0 Å². The predicted octanol–water partition coefficient (Wildman–Crippen LogP) is 4.39. The van der Waals surface area contributed by atoms with Gasteiger partial charge < -0.3 is 5.73 Å². The summed E-state index contributed by atoms with van der Waals surface area (Å²) in [5.74, 6) is 0.968. The summed E-state index contributed by atoms with van der Waals surface area (Å²) in [7, 11) is 0. The Bertz CT molecular complexity index is 516. The van der Waals surface area contributed by atoms with Crippen molar-refractivity contribution in [3.63, 3.8) is 0 Å². The predicted molar refractivity (Wildman–Crippen MR) is 83.7 cm³/mol. The van der Waals surface area contributed by atoms with Gasteiger partial charge in [-0.05, 0) is 17.9 Å². The highest BCUT2D eigenvalue weighted by Gasteiger charge is 2.10. The first kappa shape index (κ1) is 14.2. The van der Waals surface area contributed by atoms with Crippen LogP contribution in [0.4, 0.5) is 0 Å². The number of hydrogen-bond acceptors (Lipinski definition) is 3. The minimum absolute atomic E-state index is 0.345. The second-order valence-electron chi connectivity index (χ2n) is 5.14. The zero-order valence-electron chi connectivity index (χ0n) is 11.9. The van der Waals surface area contributed by atoms with E-state index in [9.17, 15) is 0 Å². The number of hydrogen-bond donors (Lipinski definition) is 1. The molecule has 102 valence electrons. The largest absolute Gasteiger partial charge is 0.330 e. The monoisotopic (exact) mass is 274 g/mol. The van der Waals surface area contributed by atoms with Gasteiger partial charge in [0.25, 0.3) is 0 Å². The Morgan fingerprint density at radius 3 is 2.42 bits per heavy atom. The standard InChI is InChI=1S/C16H22N2S/c1-4-11(2)13-5-7-14(8-6-13)15-10-19-16(18-15)12(3)9-17/h5-8,10-12H,4,9,17H2,1-3H3. The second kappa shape index (κ2) is 6.31. The maximum Gasteiger partial charge on any atom is 0.0973 e. The molecule has 0 spiro atoms. The molecule has 2 atom stereocenters. The molecule has 2 rings (SSSR count). The van der Waals surface area contributed by atoms with E-state index in [0.717, 1.165) is 10.7 Å². The first-order valence-corrected chi connectivity index (χ1v) is 7.79. The molecule has 1 aromatic carbocycles. The Morgan fingerprint density at radius 1 is 1.16 bits per heavy atom. The minimum atomic E-state index is 0.345. The maximum absolute atomic E-state index is 5.69. The van der Waals surface area contributed by atoms with Gasteiger partial charge in [-0.25, -0.2) is 4.98 Å². The lowest BCUT2D eigenvalue weighted by Crippen LogP contribution is -2.08. The Morgan fingerprint density at radius 2 is 1.84 bits per heavy atom. The smallest absolute Gasteiger partial charge is 0.0973 e. The third-order valence-corrected chi connectivity index (χ3v) is 4.76. The van der Waals surface area contributed by atoms with E-state index >= 15 is 0 Å². The van der Waals surface area contributed by atoms with Gasteiger partial charge in [0.05, 0.1) is 10.7 Å². The SMILES string of the molecule is CCC(C)c1ccc(-c2csc(C(C)CN)n2)cc1. The highest BCUT2D eigenvalue weighted by atomic mass is 32.1. The molecule has 19 heavy (non-hydrogen) atoms. The van der Waals surface area contributed by atoms with E-state index in [0.29, 0.717) is 18.4 Å². The highest BCUT2D eigenvalue weighted by Crippen LogP contribution is 2.27. The molecule has 0 fully saturated rings. The first-order chi connectivity index (χ1) is 9.15. The minimum Gasteiger partial charge on any atom is -0.330 e. The van der Waals surface area contributed by atoms with Gasteiger partial charge in [0.1, 0.15) is 0 Å². The van der Waals surface area contributed by atoms with Gasteiger partial charge in [-0.15, -0.1) is 11.3 Å². The fourth-order valence-corrected chi connectivity index (χ4v) is 2.87. The third kappa shape index (κ3) is 3.23. The molecule has 0 amide bonds. The van der Waals surface area contributed by atoms with Crippen molar-refractivity contribution >= 4 is 11.3 Å². The zero-order valence-corrected chi connectivity index (χ0v) is 12.7. The van der Waals surface area contributed by atoms with Crippen LogP contribution in [-0.4, -0.2) is 11.5 Å². The second-order valence-corrected chi connectivity index (χ2v) is 6.03. The van der Waals surface area contributed by atoms with Gasteiger partial charge in [-0.1, -0.05) is 45.0 Å². The molecule has 0 saturated heterocycles. The molecule has 2 aromatic rings. The first-order valence-electron chi connectivity index (χ1n) is 6.91. The van der Waals surface area contributed by atoms with Crippen LogP contribution in [0.3, 0.4) is 0 Å². The normalized spacial score (nSPS) is 14.3.